The average molecular weight is 387 g/mol. The zero-order valence-corrected chi connectivity index (χ0v) is 16.5. The standard InChI is InChI=1S/C24H25N3O2/c28-23(21-16-25-22-9-3-4-14-26(21)22)18-10-12-19(13-11-18)24(29)27-15-5-7-17-6-1-2-8-20(17)27/h3-4,9-14,16-17,20H,1-2,5-8,15H2. The maximum atomic E-state index is 13.2. The van der Waals surface area contributed by atoms with Crippen LogP contribution in [0, 0.1) is 5.92 Å². The van der Waals surface area contributed by atoms with Gasteiger partial charge >= 0.3 is 0 Å². The molecular weight excluding hydrogens is 362 g/mol. The van der Waals surface area contributed by atoms with Crippen molar-refractivity contribution in [3.8, 4) is 0 Å². The largest absolute Gasteiger partial charge is 0.335 e. The van der Waals surface area contributed by atoms with Crippen LogP contribution in [0.4, 0.5) is 0 Å². The van der Waals surface area contributed by atoms with Crippen molar-refractivity contribution in [2.24, 2.45) is 5.92 Å². The Labute approximate surface area is 170 Å². The number of imidazole rings is 1. The molecule has 5 rings (SSSR count). The Hall–Kier alpha value is -2.95. The summed E-state index contributed by atoms with van der Waals surface area (Å²) >= 11 is 0. The van der Waals surface area contributed by atoms with Crippen LogP contribution in [0.2, 0.25) is 0 Å². The molecule has 1 aliphatic carbocycles. The number of pyridine rings is 1. The highest BCUT2D eigenvalue weighted by Crippen LogP contribution is 2.36. The van der Waals surface area contributed by atoms with Gasteiger partial charge in [0, 0.05) is 29.9 Å². The van der Waals surface area contributed by atoms with Gasteiger partial charge in [-0.15, -0.1) is 0 Å². The summed E-state index contributed by atoms with van der Waals surface area (Å²) in [5, 5.41) is 0. The summed E-state index contributed by atoms with van der Waals surface area (Å²) < 4.78 is 1.79. The van der Waals surface area contributed by atoms with Crippen molar-refractivity contribution in [1.29, 1.82) is 0 Å². The van der Waals surface area contributed by atoms with Crippen LogP contribution in [-0.2, 0) is 0 Å². The molecule has 1 saturated carbocycles. The molecule has 5 heteroatoms. The highest BCUT2D eigenvalue weighted by molar-refractivity contribution is 6.08. The number of amides is 1. The van der Waals surface area contributed by atoms with E-state index in [-0.39, 0.29) is 11.7 Å². The molecule has 0 bridgehead atoms. The fraction of sp³-hybridized carbons (Fsp3) is 0.375. The van der Waals surface area contributed by atoms with E-state index in [1.165, 1.54) is 25.7 Å². The Morgan fingerprint density at radius 2 is 1.66 bits per heavy atom. The summed E-state index contributed by atoms with van der Waals surface area (Å²) in [6.45, 7) is 0.850. The molecule has 2 fully saturated rings. The molecule has 2 aliphatic rings. The lowest BCUT2D eigenvalue weighted by Crippen LogP contribution is -2.49. The first-order valence-corrected chi connectivity index (χ1v) is 10.6. The smallest absolute Gasteiger partial charge is 0.254 e. The zero-order valence-electron chi connectivity index (χ0n) is 16.5. The van der Waals surface area contributed by atoms with Crippen molar-refractivity contribution < 1.29 is 9.59 Å². The number of nitrogens with zero attached hydrogens (tertiary/aromatic N) is 3. The minimum Gasteiger partial charge on any atom is -0.335 e. The average Bonchev–Trinajstić information content (AvgIpc) is 3.22. The van der Waals surface area contributed by atoms with Crippen LogP contribution in [0.1, 0.15) is 64.9 Å². The number of carbonyl (C=O) groups excluding carboxylic acids is 2. The van der Waals surface area contributed by atoms with Crippen molar-refractivity contribution in [1.82, 2.24) is 14.3 Å². The maximum Gasteiger partial charge on any atom is 0.254 e. The van der Waals surface area contributed by atoms with Crippen LogP contribution in [0.3, 0.4) is 0 Å². The Morgan fingerprint density at radius 1 is 0.897 bits per heavy atom. The maximum absolute atomic E-state index is 13.2. The van der Waals surface area contributed by atoms with Crippen molar-refractivity contribution in [2.45, 2.75) is 44.6 Å². The Morgan fingerprint density at radius 3 is 2.52 bits per heavy atom. The highest BCUT2D eigenvalue weighted by Gasteiger charge is 2.35. The molecule has 5 nitrogen and oxygen atoms in total. The lowest BCUT2D eigenvalue weighted by molar-refractivity contribution is 0.0390. The molecule has 0 spiro atoms. The third kappa shape index (κ3) is 3.24. The Balaban J connectivity index is 1.37. The first kappa shape index (κ1) is 18.1. The molecule has 2 unspecified atom stereocenters. The van der Waals surface area contributed by atoms with Crippen molar-refractivity contribution in [3.63, 3.8) is 0 Å². The van der Waals surface area contributed by atoms with Gasteiger partial charge in [-0.2, -0.15) is 0 Å². The molecule has 2 aromatic heterocycles. The normalized spacial score (nSPS) is 21.7. The molecule has 29 heavy (non-hydrogen) atoms. The van der Waals surface area contributed by atoms with Gasteiger partial charge in [0.25, 0.3) is 5.91 Å². The predicted molar refractivity (Wildman–Crippen MR) is 111 cm³/mol. The number of ketones is 1. The number of fused-ring (bicyclic) bond motifs is 2. The third-order valence-electron chi connectivity index (χ3n) is 6.55. The second kappa shape index (κ2) is 7.47. The summed E-state index contributed by atoms with van der Waals surface area (Å²) in [5.74, 6) is 0.681. The van der Waals surface area contributed by atoms with Crippen LogP contribution >= 0.6 is 0 Å². The topological polar surface area (TPSA) is 54.7 Å². The zero-order chi connectivity index (χ0) is 19.8. The molecule has 3 aromatic rings. The molecular formula is C24H25N3O2. The molecule has 1 saturated heterocycles. The highest BCUT2D eigenvalue weighted by atomic mass is 16.2. The summed E-state index contributed by atoms with van der Waals surface area (Å²) in [6.07, 6.45) is 10.7. The number of benzene rings is 1. The van der Waals surface area contributed by atoms with E-state index in [0.29, 0.717) is 28.8 Å². The van der Waals surface area contributed by atoms with Gasteiger partial charge in [0.2, 0.25) is 5.78 Å². The van der Waals surface area contributed by atoms with Gasteiger partial charge in [0.05, 0.1) is 6.20 Å². The number of rotatable bonds is 3. The Kier molecular flexibility index (Phi) is 4.66. The molecule has 148 valence electrons. The molecule has 1 aromatic carbocycles. The summed E-state index contributed by atoms with van der Waals surface area (Å²) in [4.78, 5) is 32.5. The van der Waals surface area contributed by atoms with Gasteiger partial charge in [-0.1, -0.05) is 31.0 Å². The number of hydrogen-bond acceptors (Lipinski definition) is 3. The molecule has 1 aliphatic heterocycles. The predicted octanol–water partition coefficient (Wildman–Crippen LogP) is 4.36. The van der Waals surface area contributed by atoms with E-state index in [0.717, 1.165) is 25.0 Å². The third-order valence-corrected chi connectivity index (χ3v) is 6.55. The minimum atomic E-state index is -0.0898. The van der Waals surface area contributed by atoms with Crippen LogP contribution in [0.15, 0.2) is 54.9 Å². The lowest BCUT2D eigenvalue weighted by Gasteiger charge is -2.44. The minimum absolute atomic E-state index is 0.0898. The quantitative estimate of drug-likeness (QED) is 0.628. The molecule has 0 radical (unpaired) electrons. The van der Waals surface area contributed by atoms with E-state index in [2.05, 4.69) is 9.88 Å². The number of aromatic nitrogens is 2. The molecule has 0 N–H and O–H groups in total. The van der Waals surface area contributed by atoms with E-state index < -0.39 is 0 Å². The van der Waals surface area contributed by atoms with Crippen LogP contribution in [0.25, 0.3) is 5.65 Å². The van der Waals surface area contributed by atoms with E-state index in [4.69, 9.17) is 0 Å². The van der Waals surface area contributed by atoms with Crippen LogP contribution in [-0.4, -0.2) is 38.6 Å². The van der Waals surface area contributed by atoms with E-state index >= 15 is 0 Å². The van der Waals surface area contributed by atoms with Gasteiger partial charge in [-0.05, 0) is 55.9 Å². The fourth-order valence-corrected chi connectivity index (χ4v) is 5.06. The van der Waals surface area contributed by atoms with Gasteiger partial charge in [0.1, 0.15) is 11.3 Å². The first-order valence-electron chi connectivity index (χ1n) is 10.6. The van der Waals surface area contributed by atoms with E-state index in [1.807, 2.05) is 24.4 Å². The number of carbonyl (C=O) groups is 2. The van der Waals surface area contributed by atoms with Crippen molar-refractivity contribution in [3.05, 3.63) is 71.7 Å². The summed E-state index contributed by atoms with van der Waals surface area (Å²) in [5.41, 5.74) is 2.52. The van der Waals surface area contributed by atoms with Gasteiger partial charge in [0.15, 0.2) is 0 Å². The van der Waals surface area contributed by atoms with Gasteiger partial charge in [-0.25, -0.2) is 4.98 Å². The van der Waals surface area contributed by atoms with Gasteiger partial charge in [-0.3, -0.25) is 14.0 Å². The summed E-state index contributed by atoms with van der Waals surface area (Å²) in [6, 6.07) is 13.2. The molecule has 2 atom stereocenters. The molecule has 1 amide bonds. The number of piperidine rings is 1. The van der Waals surface area contributed by atoms with E-state index in [9.17, 15) is 9.59 Å². The van der Waals surface area contributed by atoms with Crippen molar-refractivity contribution in [2.75, 3.05) is 6.54 Å². The van der Waals surface area contributed by atoms with Crippen LogP contribution in [0.5, 0.6) is 0 Å². The van der Waals surface area contributed by atoms with Gasteiger partial charge < -0.3 is 4.90 Å². The molecule has 3 heterocycles. The van der Waals surface area contributed by atoms with Crippen molar-refractivity contribution >= 4 is 17.3 Å². The second-order valence-electron chi connectivity index (χ2n) is 8.23. The van der Waals surface area contributed by atoms with Crippen LogP contribution < -0.4 is 0 Å². The lowest BCUT2D eigenvalue weighted by atomic mass is 9.78. The fourth-order valence-electron chi connectivity index (χ4n) is 5.06. The summed E-state index contributed by atoms with van der Waals surface area (Å²) in [7, 11) is 0. The van der Waals surface area contributed by atoms with E-state index in [1.54, 1.807) is 34.9 Å². The number of likely N-dealkylation sites (tertiary alicyclic amines) is 1. The SMILES string of the molecule is O=C(c1ccc(C(=O)N2CCCC3CCCCC32)cc1)c1cnc2ccccn12. The monoisotopic (exact) mass is 387 g/mol. The first-order chi connectivity index (χ1) is 14.2. The Bertz CT molecular complexity index is 1050. The number of hydrogen-bond donors (Lipinski definition) is 0. The second-order valence-corrected chi connectivity index (χ2v) is 8.23.